The standard InChI is InChI=1S/C10H11N3O3S/c14-10(15)7-3-8(17-5-7)4-11-2-1-9-12-6-16-13-9/h3,5-6,11H,1-2,4H2,(H,14,15). The van der Waals surface area contributed by atoms with Crippen molar-refractivity contribution in [2.75, 3.05) is 6.54 Å². The fraction of sp³-hybridized carbons (Fsp3) is 0.300. The maximum absolute atomic E-state index is 10.7. The summed E-state index contributed by atoms with van der Waals surface area (Å²) in [5.41, 5.74) is 0.338. The van der Waals surface area contributed by atoms with Gasteiger partial charge in [0.05, 0.1) is 5.56 Å². The molecule has 0 radical (unpaired) electrons. The third-order valence-corrected chi connectivity index (χ3v) is 3.07. The average molecular weight is 253 g/mol. The second kappa shape index (κ2) is 5.55. The third-order valence-electron chi connectivity index (χ3n) is 2.13. The Kier molecular flexibility index (Phi) is 3.84. The quantitative estimate of drug-likeness (QED) is 0.751. The van der Waals surface area contributed by atoms with Crippen LogP contribution in [0.5, 0.6) is 0 Å². The minimum absolute atomic E-state index is 0.338. The number of carboxylic acids is 1. The number of hydrogen-bond donors (Lipinski definition) is 2. The number of carboxylic acid groups (broad SMARTS) is 1. The molecule has 2 N–H and O–H groups in total. The van der Waals surface area contributed by atoms with Crippen molar-refractivity contribution in [3.05, 3.63) is 34.1 Å². The average Bonchev–Trinajstić information content (AvgIpc) is 2.96. The number of rotatable bonds is 6. The molecule has 0 saturated carbocycles. The molecule has 0 aromatic carbocycles. The predicted octanol–water partition coefficient (Wildman–Crippen LogP) is 1.16. The molecule has 0 unspecified atom stereocenters. The summed E-state index contributed by atoms with van der Waals surface area (Å²) in [7, 11) is 0. The van der Waals surface area contributed by atoms with Crippen LogP contribution in [0.15, 0.2) is 22.4 Å². The van der Waals surface area contributed by atoms with Crippen molar-refractivity contribution in [3.63, 3.8) is 0 Å². The van der Waals surface area contributed by atoms with Crippen molar-refractivity contribution < 1.29 is 14.4 Å². The summed E-state index contributed by atoms with van der Waals surface area (Å²) in [6, 6.07) is 1.67. The predicted molar refractivity (Wildman–Crippen MR) is 61.0 cm³/mol. The highest BCUT2D eigenvalue weighted by Gasteiger charge is 2.06. The fourth-order valence-corrected chi connectivity index (χ4v) is 2.13. The SMILES string of the molecule is O=C(O)c1csc(CNCCc2ncon2)c1. The zero-order valence-corrected chi connectivity index (χ0v) is 9.74. The van der Waals surface area contributed by atoms with Crippen LogP contribution in [0.1, 0.15) is 21.1 Å². The Labute approximate surface area is 101 Å². The van der Waals surface area contributed by atoms with Gasteiger partial charge in [0.25, 0.3) is 0 Å². The number of aromatic carboxylic acids is 1. The summed E-state index contributed by atoms with van der Waals surface area (Å²) in [5.74, 6) is -0.228. The molecule has 0 saturated heterocycles. The molecule has 0 aliphatic rings. The molecular weight excluding hydrogens is 242 g/mol. The third kappa shape index (κ3) is 3.36. The molecule has 2 aromatic rings. The lowest BCUT2D eigenvalue weighted by Gasteiger charge is -1.99. The summed E-state index contributed by atoms with van der Waals surface area (Å²) < 4.78 is 4.61. The van der Waals surface area contributed by atoms with Gasteiger partial charge in [-0.05, 0) is 6.07 Å². The van der Waals surface area contributed by atoms with Gasteiger partial charge in [0.2, 0.25) is 6.39 Å². The van der Waals surface area contributed by atoms with Gasteiger partial charge in [-0.2, -0.15) is 4.98 Å². The Balaban J connectivity index is 1.72. The molecule has 2 aromatic heterocycles. The largest absolute Gasteiger partial charge is 0.478 e. The molecular formula is C10H11N3O3S. The summed E-state index contributed by atoms with van der Waals surface area (Å²) in [4.78, 5) is 15.6. The number of thiophene rings is 1. The van der Waals surface area contributed by atoms with Gasteiger partial charge in [0.15, 0.2) is 5.82 Å². The minimum atomic E-state index is -0.890. The van der Waals surface area contributed by atoms with Gasteiger partial charge in [0.1, 0.15) is 0 Å². The zero-order valence-electron chi connectivity index (χ0n) is 8.92. The highest BCUT2D eigenvalue weighted by molar-refractivity contribution is 7.10. The van der Waals surface area contributed by atoms with E-state index in [9.17, 15) is 4.79 Å². The lowest BCUT2D eigenvalue weighted by atomic mass is 10.3. The van der Waals surface area contributed by atoms with Crippen molar-refractivity contribution in [1.29, 1.82) is 0 Å². The highest BCUT2D eigenvalue weighted by atomic mass is 32.1. The zero-order chi connectivity index (χ0) is 12.1. The van der Waals surface area contributed by atoms with E-state index >= 15 is 0 Å². The molecule has 2 rings (SSSR count). The molecule has 0 bridgehead atoms. The second-order valence-electron chi connectivity index (χ2n) is 3.38. The molecule has 7 heteroatoms. The number of hydrogen-bond acceptors (Lipinski definition) is 6. The summed E-state index contributed by atoms with van der Waals surface area (Å²) in [6.07, 6.45) is 1.99. The first-order chi connectivity index (χ1) is 8.25. The molecule has 0 amide bonds. The van der Waals surface area contributed by atoms with Gasteiger partial charge in [-0.25, -0.2) is 4.79 Å². The Morgan fingerprint density at radius 3 is 3.12 bits per heavy atom. The first-order valence-electron chi connectivity index (χ1n) is 5.02. The van der Waals surface area contributed by atoms with Crippen LogP contribution in [-0.2, 0) is 13.0 Å². The number of aromatic nitrogens is 2. The maximum atomic E-state index is 10.7. The molecule has 0 aliphatic heterocycles. The van der Waals surface area contributed by atoms with E-state index in [0.717, 1.165) is 11.4 Å². The number of carbonyl (C=O) groups is 1. The van der Waals surface area contributed by atoms with Gasteiger partial charge >= 0.3 is 5.97 Å². The molecule has 0 aliphatic carbocycles. The van der Waals surface area contributed by atoms with Gasteiger partial charge in [0, 0.05) is 29.8 Å². The van der Waals surface area contributed by atoms with Crippen LogP contribution in [0.2, 0.25) is 0 Å². The summed E-state index contributed by atoms with van der Waals surface area (Å²) in [6.45, 7) is 1.37. The summed E-state index contributed by atoms with van der Waals surface area (Å²) >= 11 is 1.43. The van der Waals surface area contributed by atoms with Crippen LogP contribution in [-0.4, -0.2) is 27.8 Å². The Bertz CT molecular complexity index is 481. The lowest BCUT2D eigenvalue weighted by molar-refractivity contribution is 0.0697. The van der Waals surface area contributed by atoms with E-state index in [4.69, 9.17) is 5.11 Å². The first kappa shape index (κ1) is 11.7. The van der Waals surface area contributed by atoms with Gasteiger partial charge in [-0.15, -0.1) is 11.3 Å². The minimum Gasteiger partial charge on any atom is -0.478 e. The van der Waals surface area contributed by atoms with E-state index in [1.807, 2.05) is 0 Å². The van der Waals surface area contributed by atoms with E-state index in [-0.39, 0.29) is 0 Å². The summed E-state index contributed by atoms with van der Waals surface area (Å²) in [5, 5.41) is 17.3. The van der Waals surface area contributed by atoms with Crippen LogP contribution < -0.4 is 5.32 Å². The Morgan fingerprint density at radius 1 is 1.59 bits per heavy atom. The van der Waals surface area contributed by atoms with Gasteiger partial charge < -0.3 is 14.9 Å². The van der Waals surface area contributed by atoms with Gasteiger partial charge in [-0.1, -0.05) is 5.16 Å². The molecule has 0 atom stereocenters. The lowest BCUT2D eigenvalue weighted by Crippen LogP contribution is -2.16. The second-order valence-corrected chi connectivity index (χ2v) is 4.38. The molecule has 90 valence electrons. The van der Waals surface area contributed by atoms with Crippen LogP contribution in [0.4, 0.5) is 0 Å². The van der Waals surface area contributed by atoms with Crippen LogP contribution in [0.3, 0.4) is 0 Å². The van der Waals surface area contributed by atoms with Crippen LogP contribution in [0, 0.1) is 0 Å². The van der Waals surface area contributed by atoms with Crippen molar-refractivity contribution in [2.45, 2.75) is 13.0 Å². The first-order valence-corrected chi connectivity index (χ1v) is 5.90. The highest BCUT2D eigenvalue weighted by Crippen LogP contribution is 2.14. The van der Waals surface area contributed by atoms with E-state index < -0.39 is 5.97 Å². The van der Waals surface area contributed by atoms with Crippen molar-refractivity contribution >= 4 is 17.3 Å². The number of nitrogens with zero attached hydrogens (tertiary/aromatic N) is 2. The topological polar surface area (TPSA) is 88.2 Å². The van der Waals surface area contributed by atoms with E-state index in [2.05, 4.69) is 20.0 Å². The smallest absolute Gasteiger partial charge is 0.336 e. The van der Waals surface area contributed by atoms with Crippen molar-refractivity contribution in [2.24, 2.45) is 0 Å². The monoisotopic (exact) mass is 253 g/mol. The van der Waals surface area contributed by atoms with E-state index in [1.165, 1.54) is 17.7 Å². The molecule has 0 fully saturated rings. The molecule has 0 spiro atoms. The van der Waals surface area contributed by atoms with Gasteiger partial charge in [-0.3, -0.25) is 0 Å². The Hall–Kier alpha value is -1.73. The van der Waals surface area contributed by atoms with Crippen LogP contribution >= 0.6 is 11.3 Å². The van der Waals surface area contributed by atoms with E-state index in [1.54, 1.807) is 11.4 Å². The number of nitrogens with one attached hydrogen (secondary N) is 1. The molecule has 17 heavy (non-hydrogen) atoms. The normalized spacial score (nSPS) is 10.6. The molecule has 6 nitrogen and oxygen atoms in total. The Morgan fingerprint density at radius 2 is 2.47 bits per heavy atom. The maximum Gasteiger partial charge on any atom is 0.336 e. The van der Waals surface area contributed by atoms with Crippen molar-refractivity contribution in [3.8, 4) is 0 Å². The van der Waals surface area contributed by atoms with Crippen molar-refractivity contribution in [1.82, 2.24) is 15.5 Å². The molecule has 2 heterocycles. The van der Waals surface area contributed by atoms with E-state index in [0.29, 0.717) is 24.4 Å². The van der Waals surface area contributed by atoms with Crippen LogP contribution in [0.25, 0.3) is 0 Å². The fourth-order valence-electron chi connectivity index (χ4n) is 1.30.